The molecule has 2 aromatic rings. The quantitative estimate of drug-likeness (QED) is 0.910. The molecule has 1 atom stereocenters. The number of nitrogens with zero attached hydrogens (tertiary/aromatic N) is 2. The molecule has 1 aromatic heterocycles. The Bertz CT molecular complexity index is 636. The average molecular weight is 288 g/mol. The van der Waals surface area contributed by atoms with Gasteiger partial charge in [0.15, 0.2) is 0 Å². The summed E-state index contributed by atoms with van der Waals surface area (Å²) < 4.78 is 4.94. The number of hydrogen-bond acceptors (Lipinski definition) is 4. The molecule has 0 saturated carbocycles. The van der Waals surface area contributed by atoms with E-state index in [0.717, 1.165) is 5.56 Å². The van der Waals surface area contributed by atoms with Crippen LogP contribution in [0.1, 0.15) is 28.7 Å². The van der Waals surface area contributed by atoms with Crippen LogP contribution in [0.25, 0.3) is 0 Å². The van der Waals surface area contributed by atoms with Crippen molar-refractivity contribution in [1.82, 2.24) is 10.1 Å². The van der Waals surface area contributed by atoms with Crippen LogP contribution in [-0.2, 0) is 11.3 Å². The molecule has 0 bridgehead atoms. The number of amides is 1. The Morgan fingerprint density at radius 1 is 1.33 bits per heavy atom. The molecule has 0 fully saturated rings. The first-order valence-corrected chi connectivity index (χ1v) is 6.50. The lowest BCUT2D eigenvalue weighted by molar-refractivity contribution is -0.141. The molecule has 0 aliphatic heterocycles. The van der Waals surface area contributed by atoms with Crippen LogP contribution in [0.4, 0.5) is 0 Å². The number of aromatic nitrogens is 1. The van der Waals surface area contributed by atoms with Gasteiger partial charge >= 0.3 is 5.97 Å². The Labute approximate surface area is 122 Å². The molecule has 1 amide bonds. The molecule has 110 valence electrons. The van der Waals surface area contributed by atoms with Gasteiger partial charge in [0.2, 0.25) is 5.76 Å². The van der Waals surface area contributed by atoms with E-state index in [9.17, 15) is 14.7 Å². The highest BCUT2D eigenvalue weighted by Crippen LogP contribution is 2.14. The lowest BCUT2D eigenvalue weighted by Crippen LogP contribution is -2.42. The standard InChI is InChI=1S/C15H16N2O4/c1-10-8-13(21-16-10)14(18)17(11(2)15(19)20)9-12-6-4-3-5-7-12/h3-8,11H,9H2,1-2H3,(H,19,20). The first-order valence-electron chi connectivity index (χ1n) is 6.50. The van der Waals surface area contributed by atoms with Crippen molar-refractivity contribution in [2.45, 2.75) is 26.4 Å². The van der Waals surface area contributed by atoms with Crippen molar-refractivity contribution in [2.75, 3.05) is 0 Å². The van der Waals surface area contributed by atoms with Crippen molar-refractivity contribution in [3.63, 3.8) is 0 Å². The fraction of sp³-hybridized carbons (Fsp3) is 0.267. The van der Waals surface area contributed by atoms with Crippen molar-refractivity contribution in [3.05, 3.63) is 53.4 Å². The van der Waals surface area contributed by atoms with E-state index in [2.05, 4.69) is 5.16 Å². The van der Waals surface area contributed by atoms with Gasteiger partial charge < -0.3 is 14.5 Å². The van der Waals surface area contributed by atoms with Crippen molar-refractivity contribution >= 4 is 11.9 Å². The lowest BCUT2D eigenvalue weighted by atomic mass is 10.1. The Kier molecular flexibility index (Phi) is 4.37. The zero-order valence-corrected chi connectivity index (χ0v) is 11.8. The van der Waals surface area contributed by atoms with Crippen molar-refractivity contribution < 1.29 is 19.2 Å². The van der Waals surface area contributed by atoms with Crippen LogP contribution >= 0.6 is 0 Å². The van der Waals surface area contributed by atoms with E-state index in [1.165, 1.54) is 17.9 Å². The molecule has 2 rings (SSSR count). The number of benzene rings is 1. The minimum absolute atomic E-state index is 0.0385. The maximum atomic E-state index is 12.4. The predicted molar refractivity (Wildman–Crippen MR) is 74.7 cm³/mol. The van der Waals surface area contributed by atoms with Crippen LogP contribution in [-0.4, -0.2) is 33.1 Å². The molecule has 1 aromatic carbocycles. The van der Waals surface area contributed by atoms with Crippen molar-refractivity contribution in [3.8, 4) is 0 Å². The minimum Gasteiger partial charge on any atom is -0.480 e. The number of carboxylic acids is 1. The molecule has 21 heavy (non-hydrogen) atoms. The van der Waals surface area contributed by atoms with Gasteiger partial charge in [0.1, 0.15) is 6.04 Å². The Morgan fingerprint density at radius 3 is 2.52 bits per heavy atom. The second-order valence-corrected chi connectivity index (χ2v) is 4.77. The van der Waals surface area contributed by atoms with Gasteiger partial charge in [-0.05, 0) is 19.4 Å². The summed E-state index contributed by atoms with van der Waals surface area (Å²) >= 11 is 0. The first-order chi connectivity index (χ1) is 9.99. The van der Waals surface area contributed by atoms with Crippen LogP contribution in [0.3, 0.4) is 0 Å². The molecule has 1 N–H and O–H groups in total. The second-order valence-electron chi connectivity index (χ2n) is 4.77. The molecule has 6 heteroatoms. The van der Waals surface area contributed by atoms with Crippen LogP contribution < -0.4 is 0 Å². The van der Waals surface area contributed by atoms with Gasteiger partial charge in [-0.1, -0.05) is 35.5 Å². The third-order valence-electron chi connectivity index (χ3n) is 3.12. The number of rotatable bonds is 5. The highest BCUT2D eigenvalue weighted by molar-refractivity contribution is 5.94. The van der Waals surface area contributed by atoms with E-state index in [0.29, 0.717) is 5.69 Å². The number of carbonyl (C=O) groups is 2. The van der Waals surface area contributed by atoms with Gasteiger partial charge in [-0.3, -0.25) is 4.79 Å². The maximum Gasteiger partial charge on any atom is 0.326 e. The summed E-state index contributed by atoms with van der Waals surface area (Å²) in [5.41, 5.74) is 1.41. The number of aryl methyl sites for hydroxylation is 1. The smallest absolute Gasteiger partial charge is 0.326 e. The summed E-state index contributed by atoms with van der Waals surface area (Å²) in [6.45, 7) is 3.35. The fourth-order valence-electron chi connectivity index (χ4n) is 1.90. The first kappa shape index (κ1) is 14.8. The van der Waals surface area contributed by atoms with E-state index < -0.39 is 17.9 Å². The second kappa shape index (κ2) is 6.21. The van der Waals surface area contributed by atoms with Gasteiger partial charge in [0, 0.05) is 12.6 Å². The SMILES string of the molecule is Cc1cc(C(=O)N(Cc2ccccc2)C(C)C(=O)O)on1. The minimum atomic E-state index is -1.07. The summed E-state index contributed by atoms with van der Waals surface area (Å²) in [7, 11) is 0. The normalized spacial score (nSPS) is 11.9. The summed E-state index contributed by atoms with van der Waals surface area (Å²) in [4.78, 5) is 24.9. The summed E-state index contributed by atoms with van der Waals surface area (Å²) in [5, 5.41) is 12.9. The molecule has 0 saturated heterocycles. The molecule has 0 radical (unpaired) electrons. The van der Waals surface area contributed by atoms with E-state index in [1.54, 1.807) is 6.92 Å². The van der Waals surface area contributed by atoms with Crippen LogP contribution in [0, 0.1) is 6.92 Å². The highest BCUT2D eigenvalue weighted by Gasteiger charge is 2.28. The molecule has 6 nitrogen and oxygen atoms in total. The Hall–Kier alpha value is -2.63. The number of aliphatic carboxylic acids is 1. The van der Waals surface area contributed by atoms with E-state index >= 15 is 0 Å². The third kappa shape index (κ3) is 3.47. The van der Waals surface area contributed by atoms with Gasteiger partial charge in [-0.2, -0.15) is 0 Å². The van der Waals surface area contributed by atoms with Crippen LogP contribution in [0.15, 0.2) is 40.9 Å². The Morgan fingerprint density at radius 2 is 2.00 bits per heavy atom. The largest absolute Gasteiger partial charge is 0.480 e. The monoisotopic (exact) mass is 288 g/mol. The molecular weight excluding hydrogens is 272 g/mol. The van der Waals surface area contributed by atoms with Gasteiger partial charge in [0.05, 0.1) is 5.69 Å². The number of hydrogen-bond donors (Lipinski definition) is 1. The summed E-state index contributed by atoms with van der Waals surface area (Å²) in [5.74, 6) is -1.53. The van der Waals surface area contributed by atoms with Crippen molar-refractivity contribution in [1.29, 1.82) is 0 Å². The molecular formula is C15H16N2O4. The maximum absolute atomic E-state index is 12.4. The highest BCUT2D eigenvalue weighted by atomic mass is 16.5. The molecule has 0 aliphatic rings. The van der Waals surface area contributed by atoms with Gasteiger partial charge in [0.25, 0.3) is 5.91 Å². The fourth-order valence-corrected chi connectivity index (χ4v) is 1.90. The molecule has 1 unspecified atom stereocenters. The predicted octanol–water partition coefficient (Wildman–Crippen LogP) is 2.10. The van der Waals surface area contributed by atoms with Crippen molar-refractivity contribution in [2.24, 2.45) is 0 Å². The van der Waals surface area contributed by atoms with E-state index in [4.69, 9.17) is 4.52 Å². The van der Waals surface area contributed by atoms with Crippen LogP contribution in [0.2, 0.25) is 0 Å². The van der Waals surface area contributed by atoms with E-state index in [-0.39, 0.29) is 12.3 Å². The lowest BCUT2D eigenvalue weighted by Gasteiger charge is -2.25. The number of carboxylic acid groups (broad SMARTS) is 1. The topological polar surface area (TPSA) is 83.6 Å². The Balaban J connectivity index is 2.27. The van der Waals surface area contributed by atoms with Crippen LogP contribution in [0.5, 0.6) is 0 Å². The molecule has 0 spiro atoms. The van der Waals surface area contributed by atoms with E-state index in [1.807, 2.05) is 30.3 Å². The van der Waals surface area contributed by atoms with Gasteiger partial charge in [-0.15, -0.1) is 0 Å². The molecule has 0 aliphatic carbocycles. The van der Waals surface area contributed by atoms with Gasteiger partial charge in [-0.25, -0.2) is 4.79 Å². The molecule has 1 heterocycles. The zero-order chi connectivity index (χ0) is 15.4. The zero-order valence-electron chi connectivity index (χ0n) is 11.8. The number of carbonyl (C=O) groups excluding carboxylic acids is 1. The average Bonchev–Trinajstić information content (AvgIpc) is 2.91. The third-order valence-corrected chi connectivity index (χ3v) is 3.12. The summed E-state index contributed by atoms with van der Waals surface area (Å²) in [6.07, 6.45) is 0. The summed E-state index contributed by atoms with van der Waals surface area (Å²) in [6, 6.07) is 9.72.